The number of aromatic nitrogens is 2. The van der Waals surface area contributed by atoms with Gasteiger partial charge >= 0.3 is 5.69 Å². The Kier molecular flexibility index (Phi) is 5.51. The van der Waals surface area contributed by atoms with Gasteiger partial charge in [0.2, 0.25) is 5.91 Å². The molecule has 1 aromatic heterocycles. The van der Waals surface area contributed by atoms with Crippen LogP contribution in [0.5, 0.6) is 0 Å². The highest BCUT2D eigenvalue weighted by Crippen LogP contribution is 2.07. The maximum Gasteiger partial charge on any atom is 0.328 e. The van der Waals surface area contributed by atoms with Gasteiger partial charge in [0.25, 0.3) is 5.56 Å². The summed E-state index contributed by atoms with van der Waals surface area (Å²) in [4.78, 5) is 38.6. The molecule has 1 fully saturated rings. The number of nitrogens with zero attached hydrogens (tertiary/aromatic N) is 2. The van der Waals surface area contributed by atoms with Crippen molar-refractivity contribution in [3.8, 4) is 0 Å². The Labute approximate surface area is 127 Å². The zero-order valence-electron chi connectivity index (χ0n) is 12.8. The third-order valence-electron chi connectivity index (χ3n) is 3.31. The summed E-state index contributed by atoms with van der Waals surface area (Å²) >= 11 is 0. The smallest absolute Gasteiger partial charge is 0.328 e. The second-order valence-electron chi connectivity index (χ2n) is 5.45. The van der Waals surface area contributed by atoms with Crippen molar-refractivity contribution in [2.45, 2.75) is 32.6 Å². The van der Waals surface area contributed by atoms with Gasteiger partial charge in [0.05, 0.1) is 25.4 Å². The highest BCUT2D eigenvalue weighted by Gasteiger charge is 2.24. The third-order valence-corrected chi connectivity index (χ3v) is 3.31. The Bertz CT molecular complexity index is 621. The minimum Gasteiger partial charge on any atom is -0.376 e. The predicted molar refractivity (Wildman–Crippen MR) is 78.7 cm³/mol. The number of rotatable bonds is 5. The Hall–Kier alpha value is -1.93. The lowest BCUT2D eigenvalue weighted by Gasteiger charge is -2.33. The minimum absolute atomic E-state index is 0.104. The molecule has 22 heavy (non-hydrogen) atoms. The van der Waals surface area contributed by atoms with Crippen molar-refractivity contribution in [3.05, 3.63) is 33.1 Å². The van der Waals surface area contributed by atoms with Crippen LogP contribution in [0.1, 0.15) is 13.8 Å². The summed E-state index contributed by atoms with van der Waals surface area (Å²) in [7, 11) is 0. The fraction of sp³-hybridized carbons (Fsp3) is 0.643. The van der Waals surface area contributed by atoms with E-state index >= 15 is 0 Å². The van der Waals surface area contributed by atoms with Gasteiger partial charge in [-0.1, -0.05) is 0 Å². The number of hydrogen-bond acceptors (Lipinski definition) is 5. The highest BCUT2D eigenvalue weighted by molar-refractivity contribution is 5.76. The molecule has 122 valence electrons. The van der Waals surface area contributed by atoms with Crippen LogP contribution in [0.2, 0.25) is 0 Å². The first-order chi connectivity index (χ1) is 10.5. The van der Waals surface area contributed by atoms with E-state index in [1.54, 1.807) is 4.90 Å². The molecule has 0 radical (unpaired) electrons. The number of amides is 1. The zero-order valence-corrected chi connectivity index (χ0v) is 12.8. The fourth-order valence-electron chi connectivity index (χ4n) is 2.16. The average molecular weight is 311 g/mol. The molecular weight excluding hydrogens is 290 g/mol. The first-order valence-corrected chi connectivity index (χ1v) is 7.26. The summed E-state index contributed by atoms with van der Waals surface area (Å²) in [6, 6.07) is 1.22. The number of carbonyl (C=O) groups is 1. The molecule has 1 amide bonds. The summed E-state index contributed by atoms with van der Waals surface area (Å²) in [5.41, 5.74) is -1.07. The molecule has 1 aliphatic rings. The molecule has 0 bridgehead atoms. The molecule has 0 aliphatic carbocycles. The van der Waals surface area contributed by atoms with Crippen molar-refractivity contribution < 1.29 is 14.3 Å². The van der Waals surface area contributed by atoms with Crippen molar-refractivity contribution in [2.75, 3.05) is 26.3 Å². The Balaban J connectivity index is 1.94. The maximum absolute atomic E-state index is 12.3. The van der Waals surface area contributed by atoms with E-state index in [9.17, 15) is 14.4 Å². The van der Waals surface area contributed by atoms with Crippen LogP contribution in [-0.4, -0.2) is 58.9 Å². The molecule has 0 aromatic carbocycles. The van der Waals surface area contributed by atoms with Crippen LogP contribution in [-0.2, 0) is 20.8 Å². The molecule has 0 saturated carbocycles. The standard InChI is InChI=1S/C14H21N3O5/c1-10(2)22-9-11-7-16(5-6-21-11)13(19)8-17-4-3-12(18)15-14(17)20/h3-4,10-11H,5-9H2,1-2H3,(H,15,18,20). The SMILES string of the molecule is CC(C)OCC1CN(C(=O)Cn2ccc(=O)[nH]c2=O)CCO1. The fourth-order valence-corrected chi connectivity index (χ4v) is 2.16. The van der Waals surface area contributed by atoms with E-state index in [1.165, 1.54) is 16.8 Å². The Morgan fingerprint density at radius 3 is 2.95 bits per heavy atom. The van der Waals surface area contributed by atoms with E-state index in [2.05, 4.69) is 4.98 Å². The third kappa shape index (κ3) is 4.54. The van der Waals surface area contributed by atoms with Crippen LogP contribution in [0.25, 0.3) is 0 Å². The van der Waals surface area contributed by atoms with Crippen molar-refractivity contribution >= 4 is 5.91 Å². The van der Waals surface area contributed by atoms with E-state index in [4.69, 9.17) is 9.47 Å². The van der Waals surface area contributed by atoms with Gasteiger partial charge in [-0.15, -0.1) is 0 Å². The van der Waals surface area contributed by atoms with Gasteiger partial charge in [-0.3, -0.25) is 19.1 Å². The Morgan fingerprint density at radius 2 is 2.27 bits per heavy atom. The molecule has 8 heteroatoms. The summed E-state index contributed by atoms with van der Waals surface area (Å²) in [6.45, 7) is 5.56. The number of ether oxygens (including phenoxy) is 2. The number of aromatic amines is 1. The van der Waals surface area contributed by atoms with E-state index in [0.29, 0.717) is 26.3 Å². The molecule has 1 aliphatic heterocycles. The summed E-state index contributed by atoms with van der Waals surface area (Å²) < 4.78 is 12.2. The van der Waals surface area contributed by atoms with Crippen LogP contribution in [0.4, 0.5) is 0 Å². The van der Waals surface area contributed by atoms with E-state index in [0.717, 1.165) is 0 Å². The first kappa shape index (κ1) is 16.4. The maximum atomic E-state index is 12.3. The molecule has 1 atom stereocenters. The van der Waals surface area contributed by atoms with E-state index < -0.39 is 11.2 Å². The van der Waals surface area contributed by atoms with Gasteiger partial charge in [0, 0.05) is 25.4 Å². The summed E-state index contributed by atoms with van der Waals surface area (Å²) in [6.07, 6.45) is 1.26. The van der Waals surface area contributed by atoms with Gasteiger partial charge < -0.3 is 14.4 Å². The lowest BCUT2D eigenvalue weighted by Crippen LogP contribution is -2.49. The van der Waals surface area contributed by atoms with Crippen molar-refractivity contribution in [1.82, 2.24) is 14.5 Å². The monoisotopic (exact) mass is 311 g/mol. The van der Waals surface area contributed by atoms with Crippen LogP contribution < -0.4 is 11.2 Å². The molecule has 1 saturated heterocycles. The van der Waals surface area contributed by atoms with E-state index in [1.807, 2.05) is 13.8 Å². The molecule has 2 rings (SSSR count). The van der Waals surface area contributed by atoms with Gasteiger partial charge in [-0.25, -0.2) is 4.79 Å². The van der Waals surface area contributed by atoms with Crippen molar-refractivity contribution in [1.29, 1.82) is 0 Å². The Morgan fingerprint density at radius 1 is 1.50 bits per heavy atom. The number of morpholine rings is 1. The van der Waals surface area contributed by atoms with Gasteiger partial charge in [-0.2, -0.15) is 0 Å². The van der Waals surface area contributed by atoms with Gasteiger partial charge in [0.15, 0.2) is 0 Å². The molecule has 0 spiro atoms. The van der Waals surface area contributed by atoms with Crippen LogP contribution in [0.15, 0.2) is 21.9 Å². The summed E-state index contributed by atoms with van der Waals surface area (Å²) in [5, 5.41) is 0. The highest BCUT2D eigenvalue weighted by atomic mass is 16.5. The van der Waals surface area contributed by atoms with E-state index in [-0.39, 0.29) is 24.7 Å². The second-order valence-corrected chi connectivity index (χ2v) is 5.45. The van der Waals surface area contributed by atoms with Gasteiger partial charge in [0.1, 0.15) is 6.54 Å². The number of hydrogen-bond donors (Lipinski definition) is 1. The van der Waals surface area contributed by atoms with Crippen LogP contribution in [0.3, 0.4) is 0 Å². The molecule has 1 aromatic rings. The molecule has 1 unspecified atom stereocenters. The lowest BCUT2D eigenvalue weighted by atomic mass is 10.2. The largest absolute Gasteiger partial charge is 0.376 e. The van der Waals surface area contributed by atoms with Crippen LogP contribution in [0, 0.1) is 0 Å². The number of carbonyl (C=O) groups excluding carboxylic acids is 1. The minimum atomic E-state index is -0.589. The predicted octanol–water partition coefficient (Wildman–Crippen LogP) is -0.811. The second kappa shape index (κ2) is 7.37. The number of H-pyrrole nitrogens is 1. The lowest BCUT2D eigenvalue weighted by molar-refractivity contribution is -0.142. The molecule has 2 heterocycles. The average Bonchev–Trinajstić information content (AvgIpc) is 2.48. The topological polar surface area (TPSA) is 93.6 Å². The van der Waals surface area contributed by atoms with Crippen LogP contribution >= 0.6 is 0 Å². The zero-order chi connectivity index (χ0) is 16.1. The quantitative estimate of drug-likeness (QED) is 0.767. The summed E-state index contributed by atoms with van der Waals surface area (Å²) in [5.74, 6) is -0.188. The normalized spacial score (nSPS) is 18.7. The number of nitrogens with one attached hydrogen (secondary N) is 1. The molecular formula is C14H21N3O5. The molecule has 1 N–H and O–H groups in total. The molecule has 8 nitrogen and oxygen atoms in total. The van der Waals surface area contributed by atoms with Gasteiger partial charge in [-0.05, 0) is 13.8 Å². The van der Waals surface area contributed by atoms with Crippen molar-refractivity contribution in [3.63, 3.8) is 0 Å². The van der Waals surface area contributed by atoms with Crippen molar-refractivity contribution in [2.24, 2.45) is 0 Å². The first-order valence-electron chi connectivity index (χ1n) is 7.26.